The number of thioether (sulfide) groups is 1. The lowest BCUT2D eigenvalue weighted by Crippen LogP contribution is -2.28. The van der Waals surface area contributed by atoms with Crippen LogP contribution in [0.1, 0.15) is 18.9 Å². The molecule has 144 valence electrons. The van der Waals surface area contributed by atoms with Crippen molar-refractivity contribution < 1.29 is 19.1 Å². The molecule has 1 heterocycles. The molecule has 6 nitrogen and oxygen atoms in total. The summed E-state index contributed by atoms with van der Waals surface area (Å²) in [5, 5.41) is 2.51. The zero-order chi connectivity index (χ0) is 19.9. The van der Waals surface area contributed by atoms with Crippen LogP contribution in [0.25, 0.3) is 6.08 Å². The monoisotopic (exact) mass is 396 g/mol. The van der Waals surface area contributed by atoms with Gasteiger partial charge in [-0.05, 0) is 54.1 Å². The summed E-state index contributed by atoms with van der Waals surface area (Å²) in [5.41, 5.74) is 1.49. The first-order chi connectivity index (χ1) is 13.6. The SMILES string of the molecule is CCCN1C(=O)S/C(=C/c2ccc(OCC(=O)Nc3ccccc3)cc2)C1=O. The van der Waals surface area contributed by atoms with Crippen molar-refractivity contribution in [1.29, 1.82) is 0 Å². The minimum Gasteiger partial charge on any atom is -0.484 e. The molecule has 2 aromatic rings. The van der Waals surface area contributed by atoms with Gasteiger partial charge in [0.25, 0.3) is 17.1 Å². The van der Waals surface area contributed by atoms with Crippen molar-refractivity contribution in [1.82, 2.24) is 4.90 Å². The Hall–Kier alpha value is -3.06. The number of benzene rings is 2. The Morgan fingerprint density at radius 1 is 1.11 bits per heavy atom. The summed E-state index contributed by atoms with van der Waals surface area (Å²) >= 11 is 0.950. The molecular formula is C21H20N2O4S. The number of anilines is 1. The van der Waals surface area contributed by atoms with Gasteiger partial charge in [0.15, 0.2) is 6.61 Å². The average Bonchev–Trinajstić information content (AvgIpc) is 2.96. The molecule has 0 aromatic heterocycles. The van der Waals surface area contributed by atoms with E-state index in [0.717, 1.165) is 23.7 Å². The maximum absolute atomic E-state index is 12.3. The number of nitrogens with zero attached hydrogens (tertiary/aromatic N) is 1. The highest BCUT2D eigenvalue weighted by atomic mass is 32.2. The number of carbonyl (C=O) groups is 3. The highest BCUT2D eigenvalue weighted by molar-refractivity contribution is 8.18. The summed E-state index contributed by atoms with van der Waals surface area (Å²) in [6.07, 6.45) is 2.42. The molecule has 0 aliphatic carbocycles. The van der Waals surface area contributed by atoms with Crippen LogP contribution in [-0.4, -0.2) is 35.1 Å². The van der Waals surface area contributed by atoms with Crippen molar-refractivity contribution >= 4 is 40.6 Å². The van der Waals surface area contributed by atoms with E-state index < -0.39 is 0 Å². The molecule has 1 aliphatic heterocycles. The summed E-state index contributed by atoms with van der Waals surface area (Å²) in [6, 6.07) is 16.1. The van der Waals surface area contributed by atoms with Gasteiger partial charge < -0.3 is 10.1 Å². The van der Waals surface area contributed by atoms with Gasteiger partial charge in [-0.2, -0.15) is 0 Å². The second kappa shape index (κ2) is 9.23. The molecule has 7 heteroatoms. The van der Waals surface area contributed by atoms with E-state index in [-0.39, 0.29) is 23.7 Å². The molecule has 1 aliphatic rings. The maximum Gasteiger partial charge on any atom is 0.293 e. The van der Waals surface area contributed by atoms with Gasteiger partial charge in [0, 0.05) is 12.2 Å². The molecule has 1 fully saturated rings. The topological polar surface area (TPSA) is 75.7 Å². The molecule has 0 unspecified atom stereocenters. The first-order valence-corrected chi connectivity index (χ1v) is 9.71. The molecule has 0 saturated carbocycles. The average molecular weight is 396 g/mol. The Morgan fingerprint density at radius 3 is 2.50 bits per heavy atom. The minimum absolute atomic E-state index is 0.107. The van der Waals surface area contributed by atoms with Crippen LogP contribution in [0.3, 0.4) is 0 Å². The van der Waals surface area contributed by atoms with Gasteiger partial charge in [0.1, 0.15) is 5.75 Å². The van der Waals surface area contributed by atoms with Gasteiger partial charge in [-0.15, -0.1) is 0 Å². The Kier molecular flexibility index (Phi) is 6.49. The maximum atomic E-state index is 12.3. The lowest BCUT2D eigenvalue weighted by Gasteiger charge is -2.09. The van der Waals surface area contributed by atoms with Crippen molar-refractivity contribution in [3.05, 3.63) is 65.1 Å². The molecule has 28 heavy (non-hydrogen) atoms. The van der Waals surface area contributed by atoms with Crippen LogP contribution in [0.4, 0.5) is 10.5 Å². The van der Waals surface area contributed by atoms with Gasteiger partial charge in [-0.25, -0.2) is 0 Å². The quantitative estimate of drug-likeness (QED) is 0.712. The van der Waals surface area contributed by atoms with Crippen LogP contribution in [-0.2, 0) is 9.59 Å². The summed E-state index contributed by atoms with van der Waals surface area (Å²) in [6.45, 7) is 2.25. The molecule has 1 N–H and O–H groups in total. The number of hydrogen-bond donors (Lipinski definition) is 1. The van der Waals surface area contributed by atoms with Crippen LogP contribution < -0.4 is 10.1 Å². The van der Waals surface area contributed by atoms with Gasteiger partial charge in [-0.3, -0.25) is 19.3 Å². The highest BCUT2D eigenvalue weighted by Crippen LogP contribution is 2.32. The van der Waals surface area contributed by atoms with Crippen LogP contribution in [0.5, 0.6) is 5.75 Å². The zero-order valence-electron chi connectivity index (χ0n) is 15.4. The number of hydrogen-bond acceptors (Lipinski definition) is 5. The number of imide groups is 1. The van der Waals surface area contributed by atoms with Crippen molar-refractivity contribution in [3.8, 4) is 5.75 Å². The third-order valence-corrected chi connectivity index (χ3v) is 4.83. The molecular weight excluding hydrogens is 376 g/mol. The molecule has 3 amide bonds. The number of nitrogens with one attached hydrogen (secondary N) is 1. The number of ether oxygens (including phenoxy) is 1. The Morgan fingerprint density at radius 2 is 1.82 bits per heavy atom. The third-order valence-electron chi connectivity index (χ3n) is 3.93. The molecule has 1 saturated heterocycles. The second-order valence-electron chi connectivity index (χ2n) is 6.11. The van der Waals surface area contributed by atoms with Gasteiger partial charge >= 0.3 is 0 Å². The Labute approximate surface area is 167 Å². The molecule has 0 atom stereocenters. The smallest absolute Gasteiger partial charge is 0.293 e. The molecule has 2 aromatic carbocycles. The van der Waals surface area contributed by atoms with E-state index in [9.17, 15) is 14.4 Å². The van der Waals surface area contributed by atoms with Crippen molar-refractivity contribution in [2.75, 3.05) is 18.5 Å². The fourth-order valence-electron chi connectivity index (χ4n) is 2.60. The van der Waals surface area contributed by atoms with E-state index >= 15 is 0 Å². The molecule has 0 bridgehead atoms. The van der Waals surface area contributed by atoms with Crippen molar-refractivity contribution in [2.24, 2.45) is 0 Å². The Bertz CT molecular complexity index is 894. The van der Waals surface area contributed by atoms with E-state index in [1.165, 1.54) is 4.90 Å². The number of amides is 3. The normalized spacial score (nSPS) is 15.2. The van der Waals surface area contributed by atoms with Crippen LogP contribution in [0.15, 0.2) is 59.5 Å². The lowest BCUT2D eigenvalue weighted by molar-refractivity contribution is -0.122. The van der Waals surface area contributed by atoms with E-state index in [4.69, 9.17) is 4.74 Å². The third kappa shape index (κ3) is 5.01. The largest absolute Gasteiger partial charge is 0.484 e. The van der Waals surface area contributed by atoms with Crippen LogP contribution in [0.2, 0.25) is 0 Å². The minimum atomic E-state index is -0.255. The summed E-state index contributed by atoms with van der Waals surface area (Å²) in [5.74, 6) is 0.0362. The van der Waals surface area contributed by atoms with E-state index in [1.54, 1.807) is 42.5 Å². The van der Waals surface area contributed by atoms with Gasteiger partial charge in [0.2, 0.25) is 0 Å². The first kappa shape index (κ1) is 19.7. The standard InChI is InChI=1S/C21H20N2O4S/c1-2-12-23-20(25)18(28-21(23)26)13-15-8-10-17(11-9-15)27-14-19(24)22-16-6-4-3-5-7-16/h3-11,13H,2,12,14H2,1H3,(H,22,24)/b18-13+. The summed E-state index contributed by atoms with van der Waals surface area (Å²) in [4.78, 5) is 37.7. The summed E-state index contributed by atoms with van der Waals surface area (Å²) < 4.78 is 5.48. The van der Waals surface area contributed by atoms with Crippen molar-refractivity contribution in [3.63, 3.8) is 0 Å². The van der Waals surface area contributed by atoms with Crippen LogP contribution in [0, 0.1) is 0 Å². The highest BCUT2D eigenvalue weighted by Gasteiger charge is 2.34. The predicted octanol–water partition coefficient (Wildman–Crippen LogP) is 4.15. The van der Waals surface area contributed by atoms with Crippen LogP contribution >= 0.6 is 11.8 Å². The lowest BCUT2D eigenvalue weighted by atomic mass is 10.2. The summed E-state index contributed by atoms with van der Waals surface area (Å²) in [7, 11) is 0. The number of carbonyl (C=O) groups excluding carboxylic acids is 3. The molecule has 3 rings (SSSR count). The number of para-hydroxylation sites is 1. The van der Waals surface area contributed by atoms with E-state index in [1.807, 2.05) is 25.1 Å². The molecule has 0 spiro atoms. The fraction of sp³-hybridized carbons (Fsp3) is 0.190. The molecule has 0 radical (unpaired) electrons. The zero-order valence-corrected chi connectivity index (χ0v) is 16.2. The second-order valence-corrected chi connectivity index (χ2v) is 7.10. The van der Waals surface area contributed by atoms with E-state index in [2.05, 4.69) is 5.32 Å². The number of rotatable bonds is 7. The predicted molar refractivity (Wildman–Crippen MR) is 110 cm³/mol. The van der Waals surface area contributed by atoms with E-state index in [0.29, 0.717) is 22.9 Å². The fourth-order valence-corrected chi connectivity index (χ4v) is 3.46. The van der Waals surface area contributed by atoms with Gasteiger partial charge in [0.05, 0.1) is 4.91 Å². The van der Waals surface area contributed by atoms with Crippen molar-refractivity contribution in [2.45, 2.75) is 13.3 Å². The first-order valence-electron chi connectivity index (χ1n) is 8.90. The Balaban J connectivity index is 1.56. The van der Waals surface area contributed by atoms with Gasteiger partial charge in [-0.1, -0.05) is 37.3 Å².